The highest BCUT2D eigenvalue weighted by atomic mass is 32.1. The number of hydrogen-bond acceptors (Lipinski definition) is 6. The molecule has 0 radical (unpaired) electrons. The van der Waals surface area contributed by atoms with Crippen LogP contribution in [0.15, 0.2) is 24.3 Å². The van der Waals surface area contributed by atoms with Crippen molar-refractivity contribution in [2.75, 3.05) is 18.9 Å². The molecule has 1 aromatic carbocycles. The Bertz CT molecular complexity index is 514. The lowest BCUT2D eigenvalue weighted by molar-refractivity contribution is 0.102. The van der Waals surface area contributed by atoms with Crippen LogP contribution in [0.5, 0.6) is 0 Å². The van der Waals surface area contributed by atoms with E-state index in [9.17, 15) is 4.79 Å². The third kappa shape index (κ3) is 3.08. The lowest BCUT2D eigenvalue weighted by atomic mass is 10.0. The van der Waals surface area contributed by atoms with Crippen LogP contribution in [0.3, 0.4) is 0 Å². The predicted molar refractivity (Wildman–Crippen MR) is 69.7 cm³/mol. The smallest absolute Gasteiger partial charge is 0.257 e. The first-order chi connectivity index (χ1) is 8.81. The van der Waals surface area contributed by atoms with Gasteiger partial charge in [0, 0.05) is 17.1 Å². The fourth-order valence-electron chi connectivity index (χ4n) is 1.57. The van der Waals surface area contributed by atoms with E-state index in [4.69, 9.17) is 0 Å². The third-order valence-corrected chi connectivity index (χ3v) is 2.94. The first kappa shape index (κ1) is 12.6. The molecule has 0 saturated carbocycles. The van der Waals surface area contributed by atoms with Gasteiger partial charge in [-0.2, -0.15) is 0 Å². The first-order valence-electron chi connectivity index (χ1n) is 5.50. The van der Waals surface area contributed by atoms with E-state index in [1.54, 1.807) is 6.07 Å². The summed E-state index contributed by atoms with van der Waals surface area (Å²) in [6, 6.07) is 7.52. The monoisotopic (exact) mass is 263 g/mol. The number of nitrogens with one attached hydrogen (secondary N) is 2. The van der Waals surface area contributed by atoms with Crippen molar-refractivity contribution in [2.24, 2.45) is 0 Å². The van der Waals surface area contributed by atoms with E-state index in [0.717, 1.165) is 30.1 Å². The van der Waals surface area contributed by atoms with Crippen LogP contribution in [0.1, 0.15) is 15.9 Å². The van der Waals surface area contributed by atoms with E-state index in [1.807, 2.05) is 25.2 Å². The van der Waals surface area contributed by atoms with Crippen LogP contribution in [-0.4, -0.2) is 34.3 Å². The second-order valence-electron chi connectivity index (χ2n) is 3.63. The number of anilines is 1. The van der Waals surface area contributed by atoms with Crippen LogP contribution in [0.4, 0.5) is 5.13 Å². The highest BCUT2D eigenvalue weighted by Gasteiger charge is 2.12. The number of carbonyl (C=O) groups is 1. The predicted octanol–water partition coefficient (Wildman–Crippen LogP) is 0.947. The normalized spacial score (nSPS) is 10.3. The number of nitrogens with zero attached hydrogens (tertiary/aromatic N) is 3. The van der Waals surface area contributed by atoms with Gasteiger partial charge in [-0.05, 0) is 36.9 Å². The molecule has 94 valence electrons. The molecule has 0 aliphatic heterocycles. The summed E-state index contributed by atoms with van der Waals surface area (Å²) in [5.41, 5.74) is 1.66. The minimum Gasteiger partial charge on any atom is -0.319 e. The van der Waals surface area contributed by atoms with E-state index < -0.39 is 0 Å². The molecule has 0 spiro atoms. The Morgan fingerprint density at radius 3 is 2.94 bits per heavy atom. The van der Waals surface area contributed by atoms with Crippen LogP contribution in [-0.2, 0) is 6.42 Å². The van der Waals surface area contributed by atoms with Crippen LogP contribution >= 0.6 is 11.5 Å². The molecule has 2 N–H and O–H groups in total. The van der Waals surface area contributed by atoms with Crippen molar-refractivity contribution in [3.8, 4) is 0 Å². The number of carbonyl (C=O) groups excluding carboxylic acids is 1. The summed E-state index contributed by atoms with van der Waals surface area (Å²) in [7, 11) is 1.88. The molecule has 0 aliphatic carbocycles. The van der Waals surface area contributed by atoms with Gasteiger partial charge in [-0.15, -0.1) is 0 Å². The molecular formula is C11H13N5OS. The number of amides is 1. The molecule has 1 aromatic heterocycles. The second kappa shape index (κ2) is 6.18. The summed E-state index contributed by atoms with van der Waals surface area (Å²) in [5.74, 6) is -0.180. The molecule has 2 rings (SSSR count). The largest absolute Gasteiger partial charge is 0.319 e. The van der Waals surface area contributed by atoms with Gasteiger partial charge < -0.3 is 5.32 Å². The van der Waals surface area contributed by atoms with Crippen molar-refractivity contribution in [1.29, 1.82) is 0 Å². The standard InChI is InChI=1S/C11H13N5OS/c1-12-7-6-8-4-2-3-5-9(8)10(17)13-11-14-15-16-18-11/h2-5,12H,6-7H2,1H3,(H,13,14,16,17). The molecule has 2 aromatic rings. The van der Waals surface area contributed by atoms with Crippen molar-refractivity contribution >= 4 is 22.6 Å². The van der Waals surface area contributed by atoms with Gasteiger partial charge in [-0.1, -0.05) is 27.8 Å². The molecule has 0 bridgehead atoms. The SMILES string of the molecule is CNCCc1ccccc1C(=O)Nc1nnns1. The molecule has 1 amide bonds. The third-order valence-electron chi connectivity index (χ3n) is 2.43. The molecule has 0 aliphatic rings. The Morgan fingerprint density at radius 2 is 2.22 bits per heavy atom. The fourth-order valence-corrected chi connectivity index (χ4v) is 1.93. The zero-order valence-electron chi connectivity index (χ0n) is 9.88. The maximum Gasteiger partial charge on any atom is 0.257 e. The molecule has 1 heterocycles. The lowest BCUT2D eigenvalue weighted by Crippen LogP contribution is -2.17. The molecule has 0 saturated heterocycles. The van der Waals surface area contributed by atoms with Gasteiger partial charge in [0.1, 0.15) is 0 Å². The highest BCUT2D eigenvalue weighted by Crippen LogP contribution is 2.13. The topological polar surface area (TPSA) is 79.8 Å². The second-order valence-corrected chi connectivity index (χ2v) is 4.36. The van der Waals surface area contributed by atoms with Gasteiger partial charge in [0.05, 0.1) is 0 Å². The van der Waals surface area contributed by atoms with Gasteiger partial charge in [0.15, 0.2) is 0 Å². The Labute approximate surface area is 109 Å². The van der Waals surface area contributed by atoms with Gasteiger partial charge in [-0.25, -0.2) is 0 Å². The summed E-state index contributed by atoms with van der Waals surface area (Å²) < 4.78 is 3.60. The van der Waals surface area contributed by atoms with Crippen LogP contribution in [0.25, 0.3) is 0 Å². The molecular weight excluding hydrogens is 250 g/mol. The maximum atomic E-state index is 12.1. The van der Waals surface area contributed by atoms with E-state index in [-0.39, 0.29) is 5.91 Å². The van der Waals surface area contributed by atoms with E-state index in [0.29, 0.717) is 10.7 Å². The Morgan fingerprint density at radius 1 is 1.39 bits per heavy atom. The summed E-state index contributed by atoms with van der Waals surface area (Å²) in [6.07, 6.45) is 0.800. The van der Waals surface area contributed by atoms with Crippen molar-refractivity contribution in [2.45, 2.75) is 6.42 Å². The number of aromatic nitrogens is 3. The summed E-state index contributed by atoms with van der Waals surface area (Å²) >= 11 is 1.05. The summed E-state index contributed by atoms with van der Waals surface area (Å²) in [5, 5.41) is 13.3. The number of hydrogen-bond donors (Lipinski definition) is 2. The van der Waals surface area contributed by atoms with Crippen molar-refractivity contribution in [3.63, 3.8) is 0 Å². The van der Waals surface area contributed by atoms with Gasteiger partial charge in [0.25, 0.3) is 5.91 Å². The first-order valence-corrected chi connectivity index (χ1v) is 6.27. The quantitative estimate of drug-likeness (QED) is 0.839. The fraction of sp³-hybridized carbons (Fsp3) is 0.273. The van der Waals surface area contributed by atoms with Crippen molar-refractivity contribution < 1.29 is 4.79 Å². The zero-order chi connectivity index (χ0) is 12.8. The molecule has 7 heteroatoms. The van der Waals surface area contributed by atoms with Crippen LogP contribution < -0.4 is 10.6 Å². The van der Waals surface area contributed by atoms with E-state index >= 15 is 0 Å². The molecule has 0 atom stereocenters. The Balaban J connectivity index is 2.13. The molecule has 6 nitrogen and oxygen atoms in total. The summed E-state index contributed by atoms with van der Waals surface area (Å²) in [4.78, 5) is 12.1. The number of likely N-dealkylation sites (N-methyl/N-ethyl adjacent to an activating group) is 1. The number of rotatable bonds is 5. The van der Waals surface area contributed by atoms with E-state index in [2.05, 4.69) is 25.4 Å². The van der Waals surface area contributed by atoms with Crippen molar-refractivity contribution in [1.82, 2.24) is 20.1 Å². The highest BCUT2D eigenvalue weighted by molar-refractivity contribution is 7.09. The molecule has 0 unspecified atom stereocenters. The average molecular weight is 263 g/mol. The molecule has 0 fully saturated rings. The zero-order valence-corrected chi connectivity index (χ0v) is 10.7. The Hall–Kier alpha value is -1.86. The van der Waals surface area contributed by atoms with Crippen LogP contribution in [0, 0.1) is 0 Å². The average Bonchev–Trinajstić information content (AvgIpc) is 2.89. The summed E-state index contributed by atoms with van der Waals surface area (Å²) in [6.45, 7) is 0.824. The van der Waals surface area contributed by atoms with Gasteiger partial charge >= 0.3 is 0 Å². The van der Waals surface area contributed by atoms with Crippen LogP contribution in [0.2, 0.25) is 0 Å². The van der Waals surface area contributed by atoms with Gasteiger partial charge in [0.2, 0.25) is 5.13 Å². The molecule has 18 heavy (non-hydrogen) atoms. The maximum absolute atomic E-state index is 12.1. The van der Waals surface area contributed by atoms with Gasteiger partial charge in [-0.3, -0.25) is 10.1 Å². The van der Waals surface area contributed by atoms with E-state index in [1.165, 1.54) is 0 Å². The Kier molecular flexibility index (Phi) is 4.32. The minimum atomic E-state index is -0.180. The number of benzene rings is 1. The lowest BCUT2D eigenvalue weighted by Gasteiger charge is -2.08. The minimum absolute atomic E-state index is 0.180. The van der Waals surface area contributed by atoms with Crippen molar-refractivity contribution in [3.05, 3.63) is 35.4 Å².